The molecule has 0 aliphatic heterocycles. The smallest absolute Gasteiger partial charge is 0.330 e. The Morgan fingerprint density at radius 2 is 1.17 bits per heavy atom. The zero-order valence-corrected chi connectivity index (χ0v) is 27.7. The van der Waals surface area contributed by atoms with Crippen LogP contribution in [0.5, 0.6) is 11.5 Å². The van der Waals surface area contributed by atoms with Gasteiger partial charge in [0.2, 0.25) is 0 Å². The number of carbonyl (C=O) groups excluding carboxylic acids is 2. The summed E-state index contributed by atoms with van der Waals surface area (Å²) in [4.78, 5) is 23.9. The van der Waals surface area contributed by atoms with Crippen molar-refractivity contribution in [3.63, 3.8) is 0 Å². The number of rotatable bonds is 21. The summed E-state index contributed by atoms with van der Waals surface area (Å²) >= 11 is 0. The highest BCUT2D eigenvalue weighted by Gasteiger charge is 2.23. The summed E-state index contributed by atoms with van der Waals surface area (Å²) in [5, 5.41) is 2.22. The topological polar surface area (TPSA) is 125 Å². The minimum Gasteiger partial charge on any atom is -0.488 e. The van der Waals surface area contributed by atoms with E-state index in [1.165, 1.54) is 12.1 Å². The minimum absolute atomic E-state index is 0.0123. The molecule has 3 rings (SSSR count). The highest BCUT2D eigenvalue weighted by Crippen LogP contribution is 2.44. The summed E-state index contributed by atoms with van der Waals surface area (Å²) in [6.45, 7) is 11.3. The molecule has 0 aliphatic rings. The average Bonchev–Trinajstić information content (AvgIpc) is 3.05. The quantitative estimate of drug-likeness (QED) is 0.0398. The molecule has 0 heterocycles. The molecule has 0 saturated carbocycles. The van der Waals surface area contributed by atoms with Gasteiger partial charge in [0, 0.05) is 33.7 Å². The van der Waals surface area contributed by atoms with Crippen molar-refractivity contribution in [2.45, 2.75) is 95.2 Å². The van der Waals surface area contributed by atoms with Crippen LogP contribution >= 0.6 is 0 Å². The number of ether oxygens (including phenoxy) is 4. The highest BCUT2D eigenvalue weighted by molar-refractivity contribution is 7.85. The minimum atomic E-state index is -4.55. The van der Waals surface area contributed by atoms with Gasteiger partial charge in [-0.3, -0.25) is 4.55 Å². The number of hydrogen-bond donors (Lipinski definition) is 1. The van der Waals surface area contributed by atoms with E-state index in [-0.39, 0.29) is 18.1 Å². The zero-order valence-electron chi connectivity index (χ0n) is 26.9. The van der Waals surface area contributed by atoms with Crippen molar-refractivity contribution in [2.24, 2.45) is 0 Å². The van der Waals surface area contributed by atoms with E-state index < -0.39 is 34.3 Å². The van der Waals surface area contributed by atoms with Crippen LogP contribution in [0.1, 0.15) is 78.1 Å². The Morgan fingerprint density at radius 1 is 0.717 bits per heavy atom. The van der Waals surface area contributed by atoms with Crippen LogP contribution in [0.4, 0.5) is 0 Å². The average molecular weight is 655 g/mol. The van der Waals surface area contributed by atoms with Gasteiger partial charge in [-0.2, -0.15) is 8.42 Å². The molecule has 0 bridgehead atoms. The monoisotopic (exact) mass is 654 g/mol. The molecule has 3 aromatic carbocycles. The van der Waals surface area contributed by atoms with Gasteiger partial charge >= 0.3 is 11.9 Å². The van der Waals surface area contributed by atoms with E-state index in [1.54, 1.807) is 6.07 Å². The maximum atomic E-state index is 12.2. The molecule has 0 aromatic heterocycles. The Labute approximate surface area is 272 Å². The van der Waals surface area contributed by atoms with Gasteiger partial charge in [0.05, 0.1) is 4.90 Å². The number of benzene rings is 3. The van der Waals surface area contributed by atoms with E-state index in [4.69, 9.17) is 18.9 Å². The third-order valence-electron chi connectivity index (χ3n) is 7.68. The Hall–Kier alpha value is -3.89. The van der Waals surface area contributed by atoms with Crippen LogP contribution in [0.2, 0.25) is 0 Å². The standard InChI is InChI=1S/C36H46O9S/c1-5-9-11-13-17-26(44-33(37)7-3)24-42-35-29-19-15-16-20-30(29)36(32-23-28(46(39,40)41)21-22-31(32)35)43-25-27(45-34(38)8-4)18-14-12-10-6-2/h7-8,15-16,19-23,26-27H,3-6,9-14,17-18,24-25H2,1-2H3,(H,39,40,41). The van der Waals surface area contributed by atoms with Gasteiger partial charge in [-0.15, -0.1) is 0 Å². The molecule has 0 aliphatic carbocycles. The van der Waals surface area contributed by atoms with Gasteiger partial charge in [0.25, 0.3) is 10.1 Å². The molecular formula is C36H46O9S. The van der Waals surface area contributed by atoms with Crippen LogP contribution in [-0.4, -0.2) is 50.3 Å². The number of fused-ring (bicyclic) bond motifs is 2. The van der Waals surface area contributed by atoms with Crippen molar-refractivity contribution < 1.29 is 41.5 Å². The van der Waals surface area contributed by atoms with Crippen molar-refractivity contribution in [1.29, 1.82) is 0 Å². The molecular weight excluding hydrogens is 608 g/mol. The molecule has 2 unspecified atom stereocenters. The predicted molar refractivity (Wildman–Crippen MR) is 180 cm³/mol. The third-order valence-corrected chi connectivity index (χ3v) is 8.53. The summed E-state index contributed by atoms with van der Waals surface area (Å²) in [7, 11) is -4.55. The van der Waals surface area contributed by atoms with Crippen LogP contribution in [-0.2, 0) is 29.2 Å². The second-order valence-electron chi connectivity index (χ2n) is 11.2. The molecule has 46 heavy (non-hydrogen) atoms. The Morgan fingerprint density at radius 3 is 1.61 bits per heavy atom. The third kappa shape index (κ3) is 10.6. The van der Waals surface area contributed by atoms with E-state index in [0.717, 1.165) is 63.5 Å². The van der Waals surface area contributed by atoms with E-state index >= 15 is 0 Å². The lowest BCUT2D eigenvalue weighted by atomic mass is 10.0. The second-order valence-corrected chi connectivity index (χ2v) is 12.7. The number of hydrogen-bond acceptors (Lipinski definition) is 8. The fourth-order valence-corrected chi connectivity index (χ4v) is 5.78. The van der Waals surface area contributed by atoms with Gasteiger partial charge in [0.1, 0.15) is 36.9 Å². The predicted octanol–water partition coefficient (Wildman–Crippen LogP) is 8.13. The van der Waals surface area contributed by atoms with Crippen LogP contribution in [0.25, 0.3) is 21.5 Å². The first kappa shape index (κ1) is 36.6. The molecule has 0 saturated heterocycles. The maximum Gasteiger partial charge on any atom is 0.330 e. The molecule has 1 N–H and O–H groups in total. The first-order valence-corrected chi connectivity index (χ1v) is 17.4. The van der Waals surface area contributed by atoms with Gasteiger partial charge in [0.15, 0.2) is 0 Å². The largest absolute Gasteiger partial charge is 0.488 e. The van der Waals surface area contributed by atoms with Crippen molar-refractivity contribution in [1.82, 2.24) is 0 Å². The molecule has 2 atom stereocenters. The Kier molecular flexibility index (Phi) is 14.6. The lowest BCUT2D eigenvalue weighted by molar-refractivity contribution is -0.145. The van der Waals surface area contributed by atoms with Gasteiger partial charge in [-0.25, -0.2) is 9.59 Å². The van der Waals surface area contributed by atoms with Crippen LogP contribution in [0.15, 0.2) is 72.7 Å². The Balaban J connectivity index is 2.06. The molecule has 9 nitrogen and oxygen atoms in total. The second kappa shape index (κ2) is 18.3. The molecule has 250 valence electrons. The molecule has 3 aromatic rings. The fourth-order valence-electron chi connectivity index (χ4n) is 5.28. The van der Waals surface area contributed by atoms with E-state index in [2.05, 4.69) is 27.0 Å². The molecule has 0 amide bonds. The van der Waals surface area contributed by atoms with Crippen LogP contribution in [0.3, 0.4) is 0 Å². The summed E-state index contributed by atoms with van der Waals surface area (Å²) in [5.41, 5.74) is 0. The fraction of sp³-hybridized carbons (Fsp3) is 0.444. The van der Waals surface area contributed by atoms with Crippen LogP contribution < -0.4 is 9.47 Å². The van der Waals surface area contributed by atoms with Crippen molar-refractivity contribution in [2.75, 3.05) is 13.2 Å². The number of carbonyl (C=O) groups is 2. The first-order chi connectivity index (χ1) is 22.1. The lowest BCUT2D eigenvalue weighted by Crippen LogP contribution is -2.25. The van der Waals surface area contributed by atoms with Crippen molar-refractivity contribution in [3.8, 4) is 11.5 Å². The molecule has 0 spiro atoms. The van der Waals surface area contributed by atoms with E-state index in [9.17, 15) is 22.6 Å². The van der Waals surface area contributed by atoms with Crippen LogP contribution in [0, 0.1) is 0 Å². The first-order valence-electron chi connectivity index (χ1n) is 16.0. The summed E-state index contributed by atoms with van der Waals surface area (Å²) in [6, 6.07) is 11.5. The van der Waals surface area contributed by atoms with Gasteiger partial charge < -0.3 is 18.9 Å². The van der Waals surface area contributed by atoms with Crippen molar-refractivity contribution >= 4 is 43.6 Å². The SMILES string of the molecule is C=CC(=O)OC(CCCCCC)COc1c2ccccc2c(OCC(CCCCCC)OC(=O)C=C)c2cc(S(=O)(=O)O)ccc12. The summed E-state index contributed by atoms with van der Waals surface area (Å²) in [6.07, 6.45) is 10.3. The molecule has 0 fully saturated rings. The highest BCUT2D eigenvalue weighted by atomic mass is 32.2. The normalized spacial score (nSPS) is 12.8. The van der Waals surface area contributed by atoms with Crippen molar-refractivity contribution in [3.05, 3.63) is 67.8 Å². The molecule has 0 radical (unpaired) electrons. The van der Waals surface area contributed by atoms with Gasteiger partial charge in [-0.1, -0.05) is 89.8 Å². The number of esters is 2. The summed E-state index contributed by atoms with van der Waals surface area (Å²) < 4.78 is 58.2. The summed E-state index contributed by atoms with van der Waals surface area (Å²) in [5.74, 6) is -0.299. The maximum absolute atomic E-state index is 12.2. The molecule has 10 heteroatoms. The van der Waals surface area contributed by atoms with Gasteiger partial charge in [-0.05, 0) is 43.9 Å². The lowest BCUT2D eigenvalue weighted by Gasteiger charge is -2.23. The Bertz CT molecular complexity index is 1600. The van der Waals surface area contributed by atoms with E-state index in [1.807, 2.05) is 24.3 Å². The number of unbranched alkanes of at least 4 members (excludes halogenated alkanes) is 6. The van der Waals surface area contributed by atoms with E-state index in [0.29, 0.717) is 45.9 Å². The zero-order chi connectivity index (χ0) is 33.5.